The van der Waals surface area contributed by atoms with Crippen LogP contribution >= 0.6 is 11.3 Å². The Balaban J connectivity index is 1.69. The van der Waals surface area contributed by atoms with Gasteiger partial charge in [0.25, 0.3) is 0 Å². The van der Waals surface area contributed by atoms with Gasteiger partial charge in [-0.05, 0) is 35.2 Å². The van der Waals surface area contributed by atoms with Crippen LogP contribution in [0, 0.1) is 5.92 Å². The van der Waals surface area contributed by atoms with Gasteiger partial charge < -0.3 is 9.64 Å². The van der Waals surface area contributed by atoms with Crippen molar-refractivity contribution >= 4 is 17.2 Å². The number of hydrogen-bond donors (Lipinski definition) is 0. The molecule has 5 heteroatoms. The van der Waals surface area contributed by atoms with Gasteiger partial charge in [-0.3, -0.25) is 9.69 Å². The Morgan fingerprint density at radius 3 is 3.05 bits per heavy atom. The third-order valence-corrected chi connectivity index (χ3v) is 5.12. The first kappa shape index (κ1) is 14.0. The second-order valence-corrected chi connectivity index (χ2v) is 6.56. The van der Waals surface area contributed by atoms with Crippen molar-refractivity contribution in [2.75, 3.05) is 33.4 Å². The van der Waals surface area contributed by atoms with Crippen molar-refractivity contribution in [3.63, 3.8) is 0 Å². The highest BCUT2D eigenvalue weighted by Crippen LogP contribution is 2.29. The van der Waals surface area contributed by atoms with Crippen LogP contribution in [0.5, 0.6) is 0 Å². The number of piperidine rings is 1. The van der Waals surface area contributed by atoms with Crippen molar-refractivity contribution in [3.05, 3.63) is 22.4 Å². The van der Waals surface area contributed by atoms with Crippen LogP contribution < -0.4 is 0 Å². The fourth-order valence-corrected chi connectivity index (χ4v) is 4.04. The molecule has 2 unspecified atom stereocenters. The van der Waals surface area contributed by atoms with E-state index in [-0.39, 0.29) is 5.92 Å². The summed E-state index contributed by atoms with van der Waals surface area (Å²) < 4.78 is 5.15. The van der Waals surface area contributed by atoms with E-state index in [4.69, 9.17) is 4.74 Å². The molecule has 0 radical (unpaired) electrons. The Bertz CT molecular complexity index is 449. The van der Waals surface area contributed by atoms with Crippen LogP contribution in [-0.4, -0.2) is 55.1 Å². The molecule has 1 aromatic rings. The van der Waals surface area contributed by atoms with Crippen LogP contribution in [0.2, 0.25) is 0 Å². The predicted molar refractivity (Wildman–Crippen MR) is 79.7 cm³/mol. The average molecular weight is 294 g/mol. The Labute approximate surface area is 124 Å². The lowest BCUT2D eigenvalue weighted by molar-refractivity contribution is -0.140. The Kier molecular flexibility index (Phi) is 4.38. The molecule has 20 heavy (non-hydrogen) atoms. The molecule has 110 valence electrons. The zero-order valence-electron chi connectivity index (χ0n) is 12.0. The van der Waals surface area contributed by atoms with Gasteiger partial charge in [0, 0.05) is 39.3 Å². The van der Waals surface area contributed by atoms with Gasteiger partial charge in [-0.2, -0.15) is 11.3 Å². The van der Waals surface area contributed by atoms with Crippen molar-refractivity contribution in [3.8, 4) is 0 Å². The molecule has 4 rings (SSSR count). The predicted octanol–water partition coefficient (Wildman–Crippen LogP) is 1.82. The average Bonchev–Trinajstić information content (AvgIpc) is 2.81. The second-order valence-electron chi connectivity index (χ2n) is 5.78. The normalized spacial score (nSPS) is 27.1. The lowest BCUT2D eigenvalue weighted by Crippen LogP contribution is -2.49. The van der Waals surface area contributed by atoms with Crippen molar-refractivity contribution in [1.82, 2.24) is 9.80 Å². The SMILES string of the molecule is COCCN1C(=O)C2CCC1CN(Cc1ccsc1)C2. The molecule has 0 aromatic carbocycles. The van der Waals surface area contributed by atoms with Crippen LogP contribution in [0.1, 0.15) is 18.4 Å². The zero-order valence-corrected chi connectivity index (χ0v) is 12.8. The quantitative estimate of drug-likeness (QED) is 0.830. The number of fused-ring (bicyclic) bond motifs is 4. The number of hydrogen-bond acceptors (Lipinski definition) is 4. The fraction of sp³-hybridized carbons (Fsp3) is 0.667. The highest BCUT2D eigenvalue weighted by Gasteiger charge is 2.40. The monoisotopic (exact) mass is 294 g/mol. The minimum absolute atomic E-state index is 0.184. The molecule has 3 saturated heterocycles. The van der Waals surface area contributed by atoms with Gasteiger partial charge in [0.05, 0.1) is 12.5 Å². The molecule has 4 heterocycles. The summed E-state index contributed by atoms with van der Waals surface area (Å²) in [5, 5.41) is 4.33. The third-order valence-electron chi connectivity index (χ3n) is 4.39. The zero-order chi connectivity index (χ0) is 13.9. The smallest absolute Gasteiger partial charge is 0.227 e. The van der Waals surface area contributed by atoms with E-state index in [0.29, 0.717) is 18.6 Å². The molecule has 2 bridgehead atoms. The summed E-state index contributed by atoms with van der Waals surface area (Å²) in [5.41, 5.74) is 1.37. The van der Waals surface area contributed by atoms with E-state index in [1.807, 2.05) is 0 Å². The van der Waals surface area contributed by atoms with E-state index in [1.54, 1.807) is 18.4 Å². The molecule has 1 amide bonds. The molecule has 0 aliphatic carbocycles. The summed E-state index contributed by atoms with van der Waals surface area (Å²) >= 11 is 1.74. The summed E-state index contributed by atoms with van der Waals surface area (Å²) in [6.07, 6.45) is 2.19. The number of nitrogens with zero attached hydrogens (tertiary/aromatic N) is 2. The van der Waals surface area contributed by atoms with Crippen LogP contribution in [0.3, 0.4) is 0 Å². The molecule has 0 spiro atoms. The number of carbonyl (C=O) groups excluding carboxylic acids is 1. The van der Waals surface area contributed by atoms with Gasteiger partial charge in [0.15, 0.2) is 0 Å². The molecule has 1 aromatic heterocycles. The largest absolute Gasteiger partial charge is 0.383 e. The Morgan fingerprint density at radius 1 is 1.40 bits per heavy atom. The van der Waals surface area contributed by atoms with E-state index in [0.717, 1.165) is 39.0 Å². The number of thiophene rings is 1. The first-order chi connectivity index (χ1) is 9.78. The standard InChI is InChI=1S/C15H22N2O2S/c1-19-6-5-17-14-3-2-13(15(17)18)9-16(10-14)8-12-4-7-20-11-12/h4,7,11,13-14H,2-3,5-6,8-10H2,1H3. The van der Waals surface area contributed by atoms with E-state index >= 15 is 0 Å². The molecule has 4 nitrogen and oxygen atoms in total. The van der Waals surface area contributed by atoms with E-state index in [2.05, 4.69) is 26.6 Å². The van der Waals surface area contributed by atoms with Crippen LogP contribution in [0.4, 0.5) is 0 Å². The van der Waals surface area contributed by atoms with Crippen molar-refractivity contribution in [1.29, 1.82) is 0 Å². The van der Waals surface area contributed by atoms with Crippen LogP contribution in [0.15, 0.2) is 16.8 Å². The van der Waals surface area contributed by atoms with Gasteiger partial charge in [0.1, 0.15) is 0 Å². The number of ether oxygens (including phenoxy) is 1. The maximum atomic E-state index is 12.5. The first-order valence-corrected chi connectivity index (χ1v) is 8.25. The molecule has 3 aliphatic rings. The van der Waals surface area contributed by atoms with Crippen LogP contribution in [-0.2, 0) is 16.1 Å². The number of methoxy groups -OCH3 is 1. The lowest BCUT2D eigenvalue weighted by Gasteiger charge is -2.35. The topological polar surface area (TPSA) is 32.8 Å². The van der Waals surface area contributed by atoms with Gasteiger partial charge in [-0.1, -0.05) is 0 Å². The van der Waals surface area contributed by atoms with E-state index in [1.165, 1.54) is 5.56 Å². The number of carbonyl (C=O) groups is 1. The van der Waals surface area contributed by atoms with Crippen LogP contribution in [0.25, 0.3) is 0 Å². The summed E-state index contributed by atoms with van der Waals surface area (Å²) in [4.78, 5) is 17.0. The summed E-state index contributed by atoms with van der Waals surface area (Å²) in [6.45, 7) is 4.26. The molecular weight excluding hydrogens is 272 g/mol. The summed E-state index contributed by atoms with van der Waals surface area (Å²) in [7, 11) is 1.70. The Hall–Kier alpha value is -0.910. The Morgan fingerprint density at radius 2 is 2.30 bits per heavy atom. The lowest BCUT2D eigenvalue weighted by atomic mass is 9.94. The molecule has 3 fully saturated rings. The fourth-order valence-electron chi connectivity index (χ4n) is 3.38. The van der Waals surface area contributed by atoms with Gasteiger partial charge in [-0.15, -0.1) is 0 Å². The minimum Gasteiger partial charge on any atom is -0.383 e. The third kappa shape index (κ3) is 2.90. The summed E-state index contributed by atoms with van der Waals surface area (Å²) in [6, 6.07) is 2.55. The molecule has 0 N–H and O–H groups in total. The molecule has 3 aliphatic heterocycles. The molecular formula is C15H22N2O2S. The van der Waals surface area contributed by atoms with Crippen molar-refractivity contribution in [2.24, 2.45) is 5.92 Å². The highest BCUT2D eigenvalue weighted by atomic mass is 32.1. The van der Waals surface area contributed by atoms with E-state index in [9.17, 15) is 4.79 Å². The number of amides is 1. The van der Waals surface area contributed by atoms with E-state index < -0.39 is 0 Å². The maximum absolute atomic E-state index is 12.5. The summed E-state index contributed by atoms with van der Waals surface area (Å²) in [5.74, 6) is 0.523. The number of rotatable bonds is 5. The first-order valence-electron chi connectivity index (χ1n) is 7.31. The van der Waals surface area contributed by atoms with Gasteiger partial charge >= 0.3 is 0 Å². The molecule has 2 atom stereocenters. The van der Waals surface area contributed by atoms with Crippen molar-refractivity contribution in [2.45, 2.75) is 25.4 Å². The second kappa shape index (κ2) is 6.24. The van der Waals surface area contributed by atoms with Gasteiger partial charge in [-0.25, -0.2) is 0 Å². The van der Waals surface area contributed by atoms with Gasteiger partial charge in [0.2, 0.25) is 5.91 Å². The minimum atomic E-state index is 0.184. The molecule has 0 saturated carbocycles. The maximum Gasteiger partial charge on any atom is 0.227 e. The van der Waals surface area contributed by atoms with Crippen molar-refractivity contribution < 1.29 is 9.53 Å². The highest BCUT2D eigenvalue weighted by molar-refractivity contribution is 7.07.